The zero-order valence-electron chi connectivity index (χ0n) is 17.1. The predicted octanol–water partition coefficient (Wildman–Crippen LogP) is 3.75. The number of nitrogens with zero attached hydrogens (tertiary/aromatic N) is 3. The van der Waals surface area contributed by atoms with Crippen LogP contribution in [0.2, 0.25) is 5.02 Å². The molecule has 0 radical (unpaired) electrons. The van der Waals surface area contributed by atoms with Gasteiger partial charge in [0.25, 0.3) is 0 Å². The molecule has 1 aliphatic heterocycles. The van der Waals surface area contributed by atoms with Crippen LogP contribution >= 0.6 is 11.6 Å². The number of halogens is 1. The van der Waals surface area contributed by atoms with Crippen molar-refractivity contribution < 1.29 is 14.3 Å². The minimum Gasteiger partial charge on any atom is -0.462 e. The van der Waals surface area contributed by atoms with Gasteiger partial charge in [-0.05, 0) is 49.4 Å². The van der Waals surface area contributed by atoms with E-state index in [1.807, 2.05) is 35.2 Å². The number of hydrogen-bond acceptors (Lipinski definition) is 5. The lowest BCUT2D eigenvalue weighted by atomic mass is 10.1. The summed E-state index contributed by atoms with van der Waals surface area (Å²) in [6.07, 6.45) is 3.32. The van der Waals surface area contributed by atoms with Crippen LogP contribution in [-0.2, 0) is 9.53 Å². The number of rotatable bonds is 5. The van der Waals surface area contributed by atoms with Gasteiger partial charge in [-0.2, -0.15) is 0 Å². The number of benzene rings is 1. The van der Waals surface area contributed by atoms with Crippen molar-refractivity contribution in [2.45, 2.75) is 25.7 Å². The lowest BCUT2D eigenvalue weighted by Crippen LogP contribution is -2.36. The summed E-state index contributed by atoms with van der Waals surface area (Å²) < 4.78 is 5.00. The first kappa shape index (κ1) is 20.7. The zero-order chi connectivity index (χ0) is 21.1. The van der Waals surface area contributed by atoms with Gasteiger partial charge in [0.15, 0.2) is 0 Å². The predicted molar refractivity (Wildman–Crippen MR) is 116 cm³/mol. The second-order valence-electron chi connectivity index (χ2n) is 7.76. The summed E-state index contributed by atoms with van der Waals surface area (Å²) in [5.74, 6) is 0.966. The van der Waals surface area contributed by atoms with Gasteiger partial charge in [0.2, 0.25) is 5.91 Å². The lowest BCUT2D eigenvalue weighted by molar-refractivity contribution is -0.132. The fourth-order valence-electron chi connectivity index (χ4n) is 4.10. The van der Waals surface area contributed by atoms with Crippen molar-refractivity contribution in [3.8, 4) is 0 Å². The standard InChI is InChI=1S/C23H26ClN3O3/c1-2-30-23(29)16-8-9-21(25-15-16)26-10-5-11-27(13-12-26)22(28)19-14-18(19)17-6-3-4-7-20(17)24/h3-4,6-9,15,18-19H,2,5,10-14H2,1H3. The van der Waals surface area contributed by atoms with E-state index in [1.54, 1.807) is 19.2 Å². The molecule has 0 N–H and O–H groups in total. The number of ether oxygens (including phenoxy) is 1. The summed E-state index contributed by atoms with van der Waals surface area (Å²) in [6.45, 7) is 5.10. The van der Waals surface area contributed by atoms with Gasteiger partial charge in [-0.25, -0.2) is 9.78 Å². The van der Waals surface area contributed by atoms with Gasteiger partial charge >= 0.3 is 5.97 Å². The average Bonchev–Trinajstić information content (AvgIpc) is 3.58. The summed E-state index contributed by atoms with van der Waals surface area (Å²) in [5.41, 5.74) is 1.53. The molecule has 1 amide bonds. The van der Waals surface area contributed by atoms with Crippen LogP contribution in [0, 0.1) is 5.92 Å². The first-order chi connectivity index (χ1) is 14.6. The van der Waals surface area contributed by atoms with Gasteiger partial charge in [-0.15, -0.1) is 0 Å². The Morgan fingerprint density at radius 1 is 1.13 bits per heavy atom. The van der Waals surface area contributed by atoms with Crippen molar-refractivity contribution in [2.24, 2.45) is 5.92 Å². The molecule has 1 aromatic heterocycles. The van der Waals surface area contributed by atoms with Crippen molar-refractivity contribution in [3.63, 3.8) is 0 Å². The number of carbonyl (C=O) groups excluding carboxylic acids is 2. The normalized spacial score (nSPS) is 21.1. The summed E-state index contributed by atoms with van der Waals surface area (Å²) in [6, 6.07) is 11.4. The number of esters is 1. The molecule has 30 heavy (non-hydrogen) atoms. The SMILES string of the molecule is CCOC(=O)c1ccc(N2CCCN(C(=O)C3CC3c3ccccc3Cl)CC2)nc1. The molecule has 7 heteroatoms. The highest BCUT2D eigenvalue weighted by Gasteiger charge is 2.46. The molecule has 0 spiro atoms. The summed E-state index contributed by atoms with van der Waals surface area (Å²) in [5, 5.41) is 0.747. The third-order valence-electron chi connectivity index (χ3n) is 5.80. The van der Waals surface area contributed by atoms with Crippen LogP contribution in [-0.4, -0.2) is 54.5 Å². The molecule has 1 saturated carbocycles. The van der Waals surface area contributed by atoms with Gasteiger partial charge in [0.05, 0.1) is 12.2 Å². The van der Waals surface area contributed by atoms with E-state index in [2.05, 4.69) is 9.88 Å². The highest BCUT2D eigenvalue weighted by molar-refractivity contribution is 6.31. The topological polar surface area (TPSA) is 62.7 Å². The molecule has 2 heterocycles. The average molecular weight is 428 g/mol. The second-order valence-corrected chi connectivity index (χ2v) is 8.17. The van der Waals surface area contributed by atoms with E-state index in [1.165, 1.54) is 0 Å². The fraction of sp³-hybridized carbons (Fsp3) is 0.435. The van der Waals surface area contributed by atoms with Crippen LogP contribution in [0.15, 0.2) is 42.6 Å². The van der Waals surface area contributed by atoms with E-state index >= 15 is 0 Å². The van der Waals surface area contributed by atoms with E-state index in [0.29, 0.717) is 18.7 Å². The molecule has 0 bridgehead atoms. The second kappa shape index (κ2) is 9.04. The van der Waals surface area contributed by atoms with Crippen molar-refractivity contribution in [2.75, 3.05) is 37.7 Å². The number of amides is 1. The third kappa shape index (κ3) is 4.43. The maximum absolute atomic E-state index is 13.0. The fourth-order valence-corrected chi connectivity index (χ4v) is 4.37. The van der Waals surface area contributed by atoms with Crippen LogP contribution in [0.3, 0.4) is 0 Å². The summed E-state index contributed by atoms with van der Waals surface area (Å²) >= 11 is 6.31. The first-order valence-corrected chi connectivity index (χ1v) is 10.9. The van der Waals surface area contributed by atoms with Crippen LogP contribution in [0.25, 0.3) is 0 Å². The molecular weight excluding hydrogens is 402 g/mol. The van der Waals surface area contributed by atoms with Gasteiger partial charge < -0.3 is 14.5 Å². The summed E-state index contributed by atoms with van der Waals surface area (Å²) in [7, 11) is 0. The van der Waals surface area contributed by atoms with Crippen molar-refractivity contribution in [1.29, 1.82) is 0 Å². The number of anilines is 1. The zero-order valence-corrected chi connectivity index (χ0v) is 17.8. The van der Waals surface area contributed by atoms with Crippen LogP contribution in [0.5, 0.6) is 0 Å². The van der Waals surface area contributed by atoms with Crippen LogP contribution in [0.4, 0.5) is 5.82 Å². The van der Waals surface area contributed by atoms with Crippen LogP contribution in [0.1, 0.15) is 41.6 Å². The molecule has 2 unspecified atom stereocenters. The number of aromatic nitrogens is 1. The molecule has 2 aliphatic rings. The smallest absolute Gasteiger partial charge is 0.339 e. The van der Waals surface area contributed by atoms with Gasteiger partial charge in [0.1, 0.15) is 5.82 Å². The van der Waals surface area contributed by atoms with Crippen molar-refractivity contribution in [1.82, 2.24) is 9.88 Å². The molecule has 2 atom stereocenters. The highest BCUT2D eigenvalue weighted by Crippen LogP contribution is 2.50. The number of hydrogen-bond donors (Lipinski definition) is 0. The molecule has 2 aromatic rings. The Morgan fingerprint density at radius 3 is 2.70 bits per heavy atom. The van der Waals surface area contributed by atoms with Crippen molar-refractivity contribution >= 4 is 29.3 Å². The van der Waals surface area contributed by atoms with E-state index < -0.39 is 0 Å². The number of carbonyl (C=O) groups is 2. The van der Waals surface area contributed by atoms with Crippen LogP contribution < -0.4 is 4.90 Å². The molecule has 1 aromatic carbocycles. The molecule has 1 saturated heterocycles. The molecule has 1 aliphatic carbocycles. The summed E-state index contributed by atoms with van der Waals surface area (Å²) in [4.78, 5) is 33.4. The first-order valence-electron chi connectivity index (χ1n) is 10.5. The molecule has 158 valence electrons. The minimum absolute atomic E-state index is 0.0402. The molecular formula is C23H26ClN3O3. The van der Waals surface area contributed by atoms with E-state index in [4.69, 9.17) is 16.3 Å². The Hall–Kier alpha value is -2.60. The van der Waals surface area contributed by atoms with Gasteiger partial charge in [0, 0.05) is 43.3 Å². The maximum Gasteiger partial charge on any atom is 0.339 e. The Labute approximate surface area is 181 Å². The Bertz CT molecular complexity index is 918. The quantitative estimate of drug-likeness (QED) is 0.680. The van der Waals surface area contributed by atoms with Gasteiger partial charge in [-0.1, -0.05) is 29.8 Å². The van der Waals surface area contributed by atoms with Crippen molar-refractivity contribution in [3.05, 3.63) is 58.7 Å². The minimum atomic E-state index is -0.360. The maximum atomic E-state index is 13.0. The lowest BCUT2D eigenvalue weighted by Gasteiger charge is -2.23. The number of pyridine rings is 1. The molecule has 4 rings (SSSR count). The highest BCUT2D eigenvalue weighted by atomic mass is 35.5. The monoisotopic (exact) mass is 427 g/mol. The Kier molecular flexibility index (Phi) is 6.23. The van der Waals surface area contributed by atoms with E-state index in [0.717, 1.165) is 48.9 Å². The Morgan fingerprint density at radius 2 is 1.97 bits per heavy atom. The molecule has 2 fully saturated rings. The largest absolute Gasteiger partial charge is 0.462 e. The molecule has 6 nitrogen and oxygen atoms in total. The van der Waals surface area contributed by atoms with Gasteiger partial charge in [-0.3, -0.25) is 4.79 Å². The third-order valence-corrected chi connectivity index (χ3v) is 6.15. The van der Waals surface area contributed by atoms with E-state index in [9.17, 15) is 9.59 Å². The Balaban J connectivity index is 1.35. The van der Waals surface area contributed by atoms with E-state index in [-0.39, 0.29) is 23.7 Å².